The summed E-state index contributed by atoms with van der Waals surface area (Å²) in [5.41, 5.74) is 0. The molecule has 1 atom stereocenters. The monoisotopic (exact) mass is 327 g/mol. The van der Waals surface area contributed by atoms with E-state index in [1.807, 2.05) is 24.3 Å². The summed E-state index contributed by atoms with van der Waals surface area (Å²) >= 11 is 7.54. The number of amides is 1. The van der Waals surface area contributed by atoms with Crippen LogP contribution in [0.1, 0.15) is 46.0 Å². The van der Waals surface area contributed by atoms with Crippen LogP contribution in [0.3, 0.4) is 0 Å². The molecular weight excluding hydrogens is 302 g/mol. The van der Waals surface area contributed by atoms with Crippen LogP contribution in [-0.4, -0.2) is 18.2 Å². The molecule has 0 aliphatic carbocycles. The number of thioether (sulfide) groups is 1. The lowest BCUT2D eigenvalue weighted by Crippen LogP contribution is -2.29. The molecular formula is C17H26ClNOS. The summed E-state index contributed by atoms with van der Waals surface area (Å²) in [6.07, 6.45) is 5.40. The molecule has 0 saturated carbocycles. The van der Waals surface area contributed by atoms with Gasteiger partial charge < -0.3 is 5.32 Å². The van der Waals surface area contributed by atoms with Crippen LogP contribution in [0.15, 0.2) is 29.2 Å². The lowest BCUT2D eigenvalue weighted by atomic mass is 9.99. The highest BCUT2D eigenvalue weighted by Gasteiger charge is 2.08. The van der Waals surface area contributed by atoms with E-state index in [1.165, 1.54) is 19.3 Å². The van der Waals surface area contributed by atoms with E-state index in [9.17, 15) is 4.79 Å². The summed E-state index contributed by atoms with van der Waals surface area (Å²) in [5, 5.41) is 3.81. The molecule has 21 heavy (non-hydrogen) atoms. The van der Waals surface area contributed by atoms with E-state index in [4.69, 9.17) is 11.6 Å². The van der Waals surface area contributed by atoms with Crippen LogP contribution < -0.4 is 5.32 Å². The van der Waals surface area contributed by atoms with Gasteiger partial charge in [0.1, 0.15) is 0 Å². The molecule has 2 nitrogen and oxygen atoms in total. The van der Waals surface area contributed by atoms with Gasteiger partial charge in [-0.3, -0.25) is 4.79 Å². The Bertz CT molecular complexity index is 408. The number of rotatable bonds is 10. The molecule has 0 radical (unpaired) electrons. The molecule has 0 aliphatic heterocycles. The Morgan fingerprint density at radius 3 is 2.62 bits per heavy atom. The summed E-state index contributed by atoms with van der Waals surface area (Å²) < 4.78 is 0. The number of carbonyl (C=O) groups excluding carboxylic acids is 1. The molecule has 1 N–H and O–H groups in total. The highest BCUT2D eigenvalue weighted by molar-refractivity contribution is 7.99. The van der Waals surface area contributed by atoms with E-state index in [1.54, 1.807) is 11.8 Å². The van der Waals surface area contributed by atoms with Gasteiger partial charge in [0.15, 0.2) is 0 Å². The first kappa shape index (κ1) is 18.4. The number of hydrogen-bond acceptors (Lipinski definition) is 2. The molecule has 0 unspecified atom stereocenters. The highest BCUT2D eigenvalue weighted by Crippen LogP contribution is 2.20. The third-order valence-corrected chi connectivity index (χ3v) is 4.81. The Balaban J connectivity index is 2.17. The molecule has 0 saturated heterocycles. The maximum Gasteiger partial charge on any atom is 0.220 e. The van der Waals surface area contributed by atoms with Gasteiger partial charge in [0.25, 0.3) is 0 Å². The van der Waals surface area contributed by atoms with E-state index in [-0.39, 0.29) is 5.91 Å². The Morgan fingerprint density at radius 1 is 1.29 bits per heavy atom. The van der Waals surface area contributed by atoms with E-state index in [2.05, 4.69) is 19.2 Å². The van der Waals surface area contributed by atoms with Gasteiger partial charge in [0.2, 0.25) is 5.91 Å². The van der Waals surface area contributed by atoms with Crippen LogP contribution in [0, 0.1) is 5.92 Å². The van der Waals surface area contributed by atoms with Crippen LogP contribution in [0.4, 0.5) is 0 Å². The molecule has 1 aromatic carbocycles. The molecule has 1 amide bonds. The Labute approximate surface area is 138 Å². The SMILES string of the molecule is CCCC[C@H](CC)CNC(=O)CCSc1ccc(Cl)cc1. The van der Waals surface area contributed by atoms with Crippen LogP contribution in [0.25, 0.3) is 0 Å². The van der Waals surface area contributed by atoms with Crippen molar-refractivity contribution in [2.75, 3.05) is 12.3 Å². The first-order valence-electron chi connectivity index (χ1n) is 7.80. The second-order valence-corrected chi connectivity index (χ2v) is 6.88. The smallest absolute Gasteiger partial charge is 0.220 e. The lowest BCUT2D eigenvalue weighted by Gasteiger charge is -2.15. The average molecular weight is 328 g/mol. The zero-order valence-electron chi connectivity index (χ0n) is 13.0. The number of carbonyl (C=O) groups is 1. The van der Waals surface area contributed by atoms with Crippen molar-refractivity contribution in [3.05, 3.63) is 29.3 Å². The van der Waals surface area contributed by atoms with Gasteiger partial charge >= 0.3 is 0 Å². The van der Waals surface area contributed by atoms with Crippen molar-refractivity contribution in [1.29, 1.82) is 0 Å². The fraction of sp³-hybridized carbons (Fsp3) is 0.588. The van der Waals surface area contributed by atoms with Crippen LogP contribution in [-0.2, 0) is 4.79 Å². The first-order chi connectivity index (χ1) is 10.2. The zero-order chi connectivity index (χ0) is 15.5. The summed E-state index contributed by atoms with van der Waals surface area (Å²) in [5.74, 6) is 1.59. The third kappa shape index (κ3) is 8.37. The van der Waals surface area contributed by atoms with Crippen LogP contribution in [0.5, 0.6) is 0 Å². The van der Waals surface area contributed by atoms with Crippen molar-refractivity contribution >= 4 is 29.3 Å². The number of benzene rings is 1. The molecule has 0 aromatic heterocycles. The van der Waals surface area contributed by atoms with Crippen molar-refractivity contribution in [1.82, 2.24) is 5.32 Å². The van der Waals surface area contributed by atoms with E-state index >= 15 is 0 Å². The minimum absolute atomic E-state index is 0.159. The summed E-state index contributed by atoms with van der Waals surface area (Å²) in [7, 11) is 0. The molecule has 4 heteroatoms. The van der Waals surface area contributed by atoms with E-state index in [0.717, 1.165) is 28.6 Å². The number of hydrogen-bond donors (Lipinski definition) is 1. The Kier molecular flexibility index (Phi) is 9.60. The molecule has 0 bridgehead atoms. The van der Waals surface area contributed by atoms with Crippen molar-refractivity contribution in [3.8, 4) is 0 Å². The van der Waals surface area contributed by atoms with Gasteiger partial charge in [0.05, 0.1) is 0 Å². The predicted octanol–water partition coefficient (Wildman–Crippen LogP) is 5.15. The van der Waals surface area contributed by atoms with Gasteiger partial charge in [-0.1, -0.05) is 44.7 Å². The molecule has 0 heterocycles. The largest absolute Gasteiger partial charge is 0.356 e. The molecule has 0 aliphatic rings. The zero-order valence-corrected chi connectivity index (χ0v) is 14.6. The topological polar surface area (TPSA) is 29.1 Å². The molecule has 118 valence electrons. The average Bonchev–Trinajstić information content (AvgIpc) is 2.49. The molecule has 1 rings (SSSR count). The fourth-order valence-electron chi connectivity index (χ4n) is 2.08. The van der Waals surface area contributed by atoms with Gasteiger partial charge in [-0.05, 0) is 36.6 Å². The van der Waals surface area contributed by atoms with Crippen molar-refractivity contribution in [2.24, 2.45) is 5.92 Å². The van der Waals surface area contributed by atoms with E-state index in [0.29, 0.717) is 12.3 Å². The number of halogens is 1. The lowest BCUT2D eigenvalue weighted by molar-refractivity contribution is -0.120. The maximum absolute atomic E-state index is 11.8. The maximum atomic E-state index is 11.8. The quantitative estimate of drug-likeness (QED) is 0.602. The predicted molar refractivity (Wildman–Crippen MR) is 93.1 cm³/mol. The van der Waals surface area contributed by atoms with Crippen LogP contribution >= 0.6 is 23.4 Å². The highest BCUT2D eigenvalue weighted by atomic mass is 35.5. The van der Waals surface area contributed by atoms with Gasteiger partial charge in [-0.2, -0.15) is 0 Å². The Hall–Kier alpha value is -0.670. The molecule has 1 aromatic rings. The van der Waals surface area contributed by atoms with Gasteiger partial charge in [-0.25, -0.2) is 0 Å². The molecule has 0 fully saturated rings. The second-order valence-electron chi connectivity index (χ2n) is 5.27. The fourth-order valence-corrected chi connectivity index (χ4v) is 3.06. The van der Waals surface area contributed by atoms with Crippen molar-refractivity contribution < 1.29 is 4.79 Å². The summed E-state index contributed by atoms with van der Waals surface area (Å²) in [6.45, 7) is 5.23. The number of unbranched alkanes of at least 4 members (excludes halogenated alkanes) is 1. The van der Waals surface area contributed by atoms with Crippen molar-refractivity contribution in [3.63, 3.8) is 0 Å². The third-order valence-electron chi connectivity index (χ3n) is 3.54. The molecule has 0 spiro atoms. The van der Waals surface area contributed by atoms with E-state index < -0.39 is 0 Å². The standard InChI is InChI=1S/C17H26ClNOS/c1-3-5-6-14(4-2)13-19-17(20)11-12-21-16-9-7-15(18)8-10-16/h7-10,14H,3-6,11-13H2,1-2H3,(H,19,20)/t14-/m0/s1. The van der Waals surface area contributed by atoms with Gasteiger partial charge in [0, 0.05) is 28.6 Å². The minimum atomic E-state index is 0.159. The van der Waals surface area contributed by atoms with Gasteiger partial charge in [-0.15, -0.1) is 11.8 Å². The normalized spacial score (nSPS) is 12.1. The summed E-state index contributed by atoms with van der Waals surface area (Å²) in [6, 6.07) is 7.73. The second kappa shape index (κ2) is 11.0. The first-order valence-corrected chi connectivity index (χ1v) is 9.17. The van der Waals surface area contributed by atoms with Crippen molar-refractivity contribution in [2.45, 2.75) is 50.8 Å². The summed E-state index contributed by atoms with van der Waals surface area (Å²) in [4.78, 5) is 13.0. The minimum Gasteiger partial charge on any atom is -0.356 e. The Morgan fingerprint density at radius 2 is 2.00 bits per heavy atom. The number of nitrogens with one attached hydrogen (secondary N) is 1. The van der Waals surface area contributed by atoms with Crippen LogP contribution in [0.2, 0.25) is 5.02 Å².